The number of H-pyrrole nitrogens is 1. The Balaban J connectivity index is 1.51. The summed E-state index contributed by atoms with van der Waals surface area (Å²) < 4.78 is 19.7. The third-order valence-electron chi connectivity index (χ3n) is 5.42. The van der Waals surface area contributed by atoms with Crippen molar-refractivity contribution in [3.63, 3.8) is 0 Å². The van der Waals surface area contributed by atoms with Gasteiger partial charge in [0.05, 0.1) is 5.39 Å². The van der Waals surface area contributed by atoms with Gasteiger partial charge in [0, 0.05) is 30.5 Å². The number of amides is 1. The second-order valence-corrected chi connectivity index (χ2v) is 9.10. The second kappa shape index (κ2) is 7.91. The van der Waals surface area contributed by atoms with Crippen molar-refractivity contribution < 1.29 is 13.9 Å². The summed E-state index contributed by atoms with van der Waals surface area (Å²) in [7, 11) is 0. The molecule has 2 aromatic heterocycles. The molecular formula is C23H25ClFN3O2. The zero-order valence-corrected chi connectivity index (χ0v) is 18.1. The van der Waals surface area contributed by atoms with Gasteiger partial charge < -0.3 is 14.6 Å². The summed E-state index contributed by atoms with van der Waals surface area (Å²) in [6.45, 7) is 6.88. The van der Waals surface area contributed by atoms with Crippen LogP contribution in [0.2, 0.25) is 5.02 Å². The van der Waals surface area contributed by atoms with Gasteiger partial charge in [0.1, 0.15) is 11.2 Å². The summed E-state index contributed by atoms with van der Waals surface area (Å²) >= 11 is 6.64. The molecule has 1 aliphatic rings. The number of aromatic nitrogens is 2. The van der Waals surface area contributed by atoms with E-state index in [2.05, 4.69) is 9.97 Å². The summed E-state index contributed by atoms with van der Waals surface area (Å²) in [4.78, 5) is 21.0. The number of pyridine rings is 1. The Labute approximate surface area is 180 Å². The smallest absolute Gasteiger partial charge is 0.410 e. The Morgan fingerprint density at radius 3 is 2.67 bits per heavy atom. The fraction of sp³-hybridized carbons (Fsp3) is 0.391. The zero-order valence-electron chi connectivity index (χ0n) is 17.3. The number of nitrogens with one attached hydrogen (secondary N) is 1. The van der Waals surface area contributed by atoms with E-state index in [1.807, 2.05) is 39.0 Å². The van der Waals surface area contributed by atoms with E-state index in [0.717, 1.165) is 29.5 Å². The minimum Gasteiger partial charge on any atom is -0.444 e. The van der Waals surface area contributed by atoms with Gasteiger partial charge in [-0.05, 0) is 68.4 Å². The number of aromatic amines is 1. The number of fused-ring (bicyclic) bond motifs is 1. The predicted molar refractivity (Wildman–Crippen MR) is 116 cm³/mol. The Kier molecular flexibility index (Phi) is 5.45. The number of carbonyl (C=O) groups excluding carboxylic acids is 1. The minimum absolute atomic E-state index is 0.266. The van der Waals surface area contributed by atoms with Crippen LogP contribution in [-0.2, 0) is 4.74 Å². The lowest BCUT2D eigenvalue weighted by Gasteiger charge is -2.34. The molecular weight excluding hydrogens is 405 g/mol. The normalized spacial score (nSPS) is 15.6. The molecule has 5 nitrogen and oxygen atoms in total. The maximum atomic E-state index is 14.2. The van der Waals surface area contributed by atoms with Crippen LogP contribution in [0.1, 0.15) is 45.1 Å². The van der Waals surface area contributed by atoms with Gasteiger partial charge in [0.25, 0.3) is 0 Å². The quantitative estimate of drug-likeness (QED) is 0.532. The van der Waals surface area contributed by atoms with E-state index in [9.17, 15) is 9.18 Å². The van der Waals surface area contributed by atoms with E-state index < -0.39 is 5.60 Å². The molecule has 1 fully saturated rings. The van der Waals surface area contributed by atoms with Gasteiger partial charge in [-0.1, -0.05) is 23.7 Å². The van der Waals surface area contributed by atoms with Crippen LogP contribution in [-0.4, -0.2) is 39.7 Å². The first kappa shape index (κ1) is 20.7. The Bertz CT molecular complexity index is 1080. The highest BCUT2D eigenvalue weighted by molar-refractivity contribution is 6.31. The number of hydrogen-bond donors (Lipinski definition) is 1. The SMILES string of the molecule is CC(C)(C)OC(=O)N1CCC(c2ccc(-c3ccnc4[nH]cc(F)c34)cc2Cl)CC1. The van der Waals surface area contributed by atoms with E-state index >= 15 is 0 Å². The van der Waals surface area contributed by atoms with Gasteiger partial charge in [-0.15, -0.1) is 0 Å². The lowest BCUT2D eigenvalue weighted by molar-refractivity contribution is 0.0205. The Hall–Kier alpha value is -2.60. The van der Waals surface area contributed by atoms with E-state index in [1.54, 1.807) is 17.2 Å². The summed E-state index contributed by atoms with van der Waals surface area (Å²) in [5.41, 5.74) is 2.68. The average molecular weight is 430 g/mol. The number of hydrogen-bond acceptors (Lipinski definition) is 3. The maximum Gasteiger partial charge on any atom is 0.410 e. The molecule has 0 spiro atoms. The topological polar surface area (TPSA) is 58.2 Å². The average Bonchev–Trinajstić information content (AvgIpc) is 3.08. The van der Waals surface area contributed by atoms with Crippen LogP contribution < -0.4 is 0 Å². The van der Waals surface area contributed by atoms with Crippen molar-refractivity contribution in [3.8, 4) is 11.1 Å². The molecule has 0 unspecified atom stereocenters. The predicted octanol–water partition coefficient (Wildman–Crippen LogP) is 6.14. The summed E-state index contributed by atoms with van der Waals surface area (Å²) in [5, 5.41) is 1.12. The largest absolute Gasteiger partial charge is 0.444 e. The molecule has 1 aromatic carbocycles. The van der Waals surface area contributed by atoms with Crippen molar-refractivity contribution in [1.29, 1.82) is 0 Å². The molecule has 3 heterocycles. The van der Waals surface area contributed by atoms with Crippen molar-refractivity contribution in [2.24, 2.45) is 0 Å². The second-order valence-electron chi connectivity index (χ2n) is 8.70. The Morgan fingerprint density at radius 2 is 2.00 bits per heavy atom. The lowest BCUT2D eigenvalue weighted by Crippen LogP contribution is -2.41. The van der Waals surface area contributed by atoms with E-state index in [4.69, 9.17) is 16.3 Å². The molecule has 0 bridgehead atoms. The monoisotopic (exact) mass is 429 g/mol. The molecule has 1 aliphatic heterocycles. The molecule has 1 saturated heterocycles. The molecule has 0 radical (unpaired) electrons. The van der Waals surface area contributed by atoms with Crippen LogP contribution >= 0.6 is 11.6 Å². The number of halogens is 2. The van der Waals surface area contributed by atoms with Crippen LogP contribution in [0.25, 0.3) is 22.2 Å². The molecule has 4 rings (SSSR count). The van der Waals surface area contributed by atoms with Gasteiger partial charge in [-0.2, -0.15) is 0 Å². The van der Waals surface area contributed by atoms with Gasteiger partial charge in [0.2, 0.25) is 0 Å². The van der Waals surface area contributed by atoms with Crippen molar-refractivity contribution in [2.75, 3.05) is 13.1 Å². The first-order valence-electron chi connectivity index (χ1n) is 10.1. The minimum atomic E-state index is -0.496. The van der Waals surface area contributed by atoms with Gasteiger partial charge >= 0.3 is 6.09 Å². The zero-order chi connectivity index (χ0) is 21.5. The van der Waals surface area contributed by atoms with Crippen LogP contribution in [0.4, 0.5) is 9.18 Å². The van der Waals surface area contributed by atoms with Gasteiger partial charge in [0.15, 0.2) is 5.82 Å². The molecule has 7 heteroatoms. The third-order valence-corrected chi connectivity index (χ3v) is 5.75. The highest BCUT2D eigenvalue weighted by Crippen LogP contribution is 2.37. The number of likely N-dealkylation sites (tertiary alicyclic amines) is 1. The summed E-state index contributed by atoms with van der Waals surface area (Å²) in [6, 6.07) is 7.67. The van der Waals surface area contributed by atoms with Crippen molar-refractivity contribution >= 4 is 28.7 Å². The maximum absolute atomic E-state index is 14.2. The van der Waals surface area contributed by atoms with Crippen LogP contribution in [0.5, 0.6) is 0 Å². The van der Waals surface area contributed by atoms with Crippen LogP contribution in [0, 0.1) is 5.82 Å². The molecule has 0 atom stereocenters. The van der Waals surface area contributed by atoms with E-state index in [-0.39, 0.29) is 17.8 Å². The van der Waals surface area contributed by atoms with Crippen LogP contribution in [0.15, 0.2) is 36.7 Å². The Morgan fingerprint density at radius 1 is 1.27 bits per heavy atom. The standard InChI is InChI=1S/C23H25ClFN3O2/c1-23(2,3)30-22(29)28-10-7-14(8-11-28)16-5-4-15(12-18(16)24)17-6-9-26-21-20(17)19(25)13-27-21/h4-6,9,12-14H,7-8,10-11H2,1-3H3,(H,26,27). The number of ether oxygens (including phenoxy) is 1. The third kappa shape index (κ3) is 4.15. The first-order chi connectivity index (χ1) is 14.2. The molecule has 1 amide bonds. The van der Waals surface area contributed by atoms with E-state index in [1.165, 1.54) is 6.20 Å². The molecule has 0 aliphatic carbocycles. The number of piperidine rings is 1. The number of rotatable bonds is 2. The van der Waals surface area contributed by atoms with Gasteiger partial charge in [-0.3, -0.25) is 0 Å². The molecule has 0 saturated carbocycles. The van der Waals surface area contributed by atoms with E-state index in [0.29, 0.717) is 29.1 Å². The number of nitrogens with zero attached hydrogens (tertiary/aromatic N) is 2. The molecule has 30 heavy (non-hydrogen) atoms. The highest BCUT2D eigenvalue weighted by atomic mass is 35.5. The first-order valence-corrected chi connectivity index (χ1v) is 10.5. The highest BCUT2D eigenvalue weighted by Gasteiger charge is 2.28. The molecule has 1 N–H and O–H groups in total. The molecule has 158 valence electrons. The van der Waals surface area contributed by atoms with Gasteiger partial charge in [-0.25, -0.2) is 14.2 Å². The fourth-order valence-electron chi connectivity index (χ4n) is 3.98. The summed E-state index contributed by atoms with van der Waals surface area (Å²) in [6.07, 6.45) is 4.35. The fourth-order valence-corrected chi connectivity index (χ4v) is 4.32. The van der Waals surface area contributed by atoms with Crippen LogP contribution in [0.3, 0.4) is 0 Å². The van der Waals surface area contributed by atoms with Crippen molar-refractivity contribution in [2.45, 2.75) is 45.1 Å². The number of carbonyl (C=O) groups is 1. The van der Waals surface area contributed by atoms with Crippen molar-refractivity contribution in [1.82, 2.24) is 14.9 Å². The number of benzene rings is 1. The van der Waals surface area contributed by atoms with Crippen molar-refractivity contribution in [3.05, 3.63) is 53.1 Å². The lowest BCUT2D eigenvalue weighted by atomic mass is 9.88. The summed E-state index contributed by atoms with van der Waals surface area (Å²) in [5.74, 6) is -0.0606. The molecule has 3 aromatic rings.